The van der Waals surface area contributed by atoms with E-state index in [0.717, 1.165) is 37.6 Å². The third-order valence-electron chi connectivity index (χ3n) is 3.76. The first-order chi connectivity index (χ1) is 9.33. The van der Waals surface area contributed by atoms with Crippen molar-refractivity contribution in [1.82, 2.24) is 20.3 Å². The monoisotopic (exact) mass is 280 g/mol. The average Bonchev–Trinajstić information content (AvgIpc) is 2.95. The predicted molar refractivity (Wildman–Crippen MR) is 80.5 cm³/mol. The first-order valence-electron chi connectivity index (χ1n) is 7.42. The topological polar surface area (TPSA) is 44.5 Å². The normalized spacial score (nSPS) is 21.0. The van der Waals surface area contributed by atoms with Crippen LogP contribution in [0, 0.1) is 0 Å². The molecule has 0 amide bonds. The van der Waals surface area contributed by atoms with E-state index in [-0.39, 0.29) is 5.54 Å². The Hall–Kier alpha value is -0.910. The summed E-state index contributed by atoms with van der Waals surface area (Å²) in [6.07, 6.45) is 1.24. The van der Waals surface area contributed by atoms with Gasteiger partial charge in [0.2, 0.25) is 0 Å². The van der Waals surface area contributed by atoms with Crippen molar-refractivity contribution in [3.8, 4) is 0 Å². The third-order valence-corrected chi connectivity index (χ3v) is 3.76. The molecule has 114 valence electrons. The van der Waals surface area contributed by atoms with E-state index in [1.54, 1.807) is 0 Å². The molecule has 0 spiro atoms. The van der Waals surface area contributed by atoms with Gasteiger partial charge in [0.15, 0.2) is 5.76 Å². The molecule has 0 aromatic carbocycles. The number of aromatic nitrogens is 1. The lowest BCUT2D eigenvalue weighted by molar-refractivity contribution is 0.241. The highest BCUT2D eigenvalue weighted by Crippen LogP contribution is 2.17. The van der Waals surface area contributed by atoms with Crippen molar-refractivity contribution >= 4 is 0 Å². The summed E-state index contributed by atoms with van der Waals surface area (Å²) in [5, 5.41) is 7.57. The zero-order valence-electron chi connectivity index (χ0n) is 13.4. The number of nitrogens with one attached hydrogen (secondary N) is 1. The SMILES string of the molecule is CN(C)C1CCN(Cc2cc(CNC(C)(C)C)no2)C1. The molecule has 1 fully saturated rings. The fraction of sp³-hybridized carbons (Fsp3) is 0.800. The molecule has 2 rings (SSSR count). The van der Waals surface area contributed by atoms with Crippen molar-refractivity contribution in [3.63, 3.8) is 0 Å². The second-order valence-corrected chi connectivity index (χ2v) is 7.03. The maximum absolute atomic E-state index is 5.44. The van der Waals surface area contributed by atoms with Crippen LogP contribution < -0.4 is 5.32 Å². The number of rotatable bonds is 5. The van der Waals surface area contributed by atoms with Gasteiger partial charge < -0.3 is 14.7 Å². The zero-order valence-corrected chi connectivity index (χ0v) is 13.4. The van der Waals surface area contributed by atoms with Crippen LogP contribution in [0.2, 0.25) is 0 Å². The van der Waals surface area contributed by atoms with Crippen molar-refractivity contribution in [2.24, 2.45) is 0 Å². The van der Waals surface area contributed by atoms with Crippen LogP contribution in [0.3, 0.4) is 0 Å². The summed E-state index contributed by atoms with van der Waals surface area (Å²) in [5.74, 6) is 0.968. The van der Waals surface area contributed by atoms with Crippen LogP contribution in [0.4, 0.5) is 0 Å². The molecule has 1 aliphatic rings. The van der Waals surface area contributed by atoms with Gasteiger partial charge in [0.1, 0.15) is 0 Å². The summed E-state index contributed by atoms with van der Waals surface area (Å²) in [6.45, 7) is 10.3. The summed E-state index contributed by atoms with van der Waals surface area (Å²) in [7, 11) is 4.30. The molecule has 1 aromatic heterocycles. The first kappa shape index (κ1) is 15.5. The Kier molecular flexibility index (Phi) is 4.83. The summed E-state index contributed by atoms with van der Waals surface area (Å²) < 4.78 is 5.44. The average molecular weight is 280 g/mol. The Labute approximate surface area is 122 Å². The molecule has 2 heterocycles. The Morgan fingerprint density at radius 2 is 2.20 bits per heavy atom. The molecule has 0 bridgehead atoms. The van der Waals surface area contributed by atoms with Gasteiger partial charge in [-0.25, -0.2) is 0 Å². The summed E-state index contributed by atoms with van der Waals surface area (Å²) in [4.78, 5) is 4.74. The number of likely N-dealkylation sites (N-methyl/N-ethyl adjacent to an activating group) is 1. The summed E-state index contributed by atoms with van der Waals surface area (Å²) in [5.41, 5.74) is 1.09. The molecule has 0 radical (unpaired) electrons. The fourth-order valence-electron chi connectivity index (χ4n) is 2.47. The Balaban J connectivity index is 1.81. The van der Waals surface area contributed by atoms with Gasteiger partial charge in [0.05, 0.1) is 12.2 Å². The third kappa shape index (κ3) is 4.58. The van der Waals surface area contributed by atoms with Gasteiger partial charge in [-0.2, -0.15) is 0 Å². The van der Waals surface area contributed by atoms with Gasteiger partial charge in [-0.15, -0.1) is 0 Å². The summed E-state index contributed by atoms with van der Waals surface area (Å²) >= 11 is 0. The highest BCUT2D eigenvalue weighted by molar-refractivity contribution is 5.06. The predicted octanol–water partition coefficient (Wildman–Crippen LogP) is 1.70. The molecule has 1 aromatic rings. The fourth-order valence-corrected chi connectivity index (χ4v) is 2.47. The Morgan fingerprint density at radius 1 is 1.45 bits per heavy atom. The molecule has 0 saturated carbocycles. The molecular formula is C15H28N4O. The Morgan fingerprint density at radius 3 is 2.80 bits per heavy atom. The van der Waals surface area contributed by atoms with E-state index in [9.17, 15) is 0 Å². The van der Waals surface area contributed by atoms with E-state index in [4.69, 9.17) is 4.52 Å². The molecule has 1 atom stereocenters. The van der Waals surface area contributed by atoms with Crippen molar-refractivity contribution in [2.75, 3.05) is 27.2 Å². The number of nitrogens with zero attached hydrogens (tertiary/aromatic N) is 3. The van der Waals surface area contributed by atoms with E-state index >= 15 is 0 Å². The van der Waals surface area contributed by atoms with Crippen molar-refractivity contribution in [3.05, 3.63) is 17.5 Å². The van der Waals surface area contributed by atoms with E-state index < -0.39 is 0 Å². The van der Waals surface area contributed by atoms with Gasteiger partial charge in [0.25, 0.3) is 0 Å². The van der Waals surface area contributed by atoms with Crippen molar-refractivity contribution in [2.45, 2.75) is 51.9 Å². The molecule has 1 unspecified atom stereocenters. The van der Waals surface area contributed by atoms with Crippen molar-refractivity contribution in [1.29, 1.82) is 0 Å². The zero-order chi connectivity index (χ0) is 14.8. The second kappa shape index (κ2) is 6.24. The van der Waals surface area contributed by atoms with Crippen LogP contribution in [-0.4, -0.2) is 53.7 Å². The molecule has 0 aliphatic carbocycles. The van der Waals surface area contributed by atoms with Crippen LogP contribution in [0.1, 0.15) is 38.6 Å². The van der Waals surface area contributed by atoms with Gasteiger partial charge in [-0.3, -0.25) is 4.90 Å². The van der Waals surface area contributed by atoms with Gasteiger partial charge in [-0.05, 0) is 41.3 Å². The quantitative estimate of drug-likeness (QED) is 0.889. The van der Waals surface area contributed by atoms with Gasteiger partial charge in [-0.1, -0.05) is 5.16 Å². The minimum Gasteiger partial charge on any atom is -0.360 e. The minimum atomic E-state index is 0.104. The smallest absolute Gasteiger partial charge is 0.151 e. The molecular weight excluding hydrogens is 252 g/mol. The van der Waals surface area contributed by atoms with Crippen molar-refractivity contribution < 1.29 is 4.52 Å². The van der Waals surface area contributed by atoms with Crippen LogP contribution in [0.5, 0.6) is 0 Å². The van der Waals surface area contributed by atoms with E-state index in [1.165, 1.54) is 6.42 Å². The van der Waals surface area contributed by atoms with Crippen LogP contribution in [0.15, 0.2) is 10.6 Å². The van der Waals surface area contributed by atoms with Crippen LogP contribution >= 0.6 is 0 Å². The number of likely N-dealkylation sites (tertiary alicyclic amines) is 1. The van der Waals surface area contributed by atoms with E-state index in [0.29, 0.717) is 6.04 Å². The molecule has 5 heteroatoms. The van der Waals surface area contributed by atoms with E-state index in [1.807, 2.05) is 0 Å². The van der Waals surface area contributed by atoms with Crippen LogP contribution in [0.25, 0.3) is 0 Å². The van der Waals surface area contributed by atoms with E-state index in [2.05, 4.69) is 61.2 Å². The highest BCUT2D eigenvalue weighted by Gasteiger charge is 2.24. The molecule has 1 saturated heterocycles. The molecule has 1 N–H and O–H groups in total. The molecule has 1 aliphatic heterocycles. The lowest BCUT2D eigenvalue weighted by Crippen LogP contribution is -2.35. The number of hydrogen-bond donors (Lipinski definition) is 1. The summed E-state index contributed by atoms with van der Waals surface area (Å²) in [6, 6.07) is 2.74. The highest BCUT2D eigenvalue weighted by atomic mass is 16.5. The molecule has 20 heavy (non-hydrogen) atoms. The van der Waals surface area contributed by atoms with Crippen LogP contribution in [-0.2, 0) is 13.1 Å². The second-order valence-electron chi connectivity index (χ2n) is 7.03. The van der Waals surface area contributed by atoms with Gasteiger partial charge >= 0.3 is 0 Å². The van der Waals surface area contributed by atoms with Gasteiger partial charge in [0, 0.05) is 37.3 Å². The maximum Gasteiger partial charge on any atom is 0.151 e. The lowest BCUT2D eigenvalue weighted by Gasteiger charge is -2.19. The lowest BCUT2D eigenvalue weighted by atomic mass is 10.1. The minimum absolute atomic E-state index is 0.104. The Bertz CT molecular complexity index is 422. The molecule has 5 nitrogen and oxygen atoms in total. The number of hydrogen-bond acceptors (Lipinski definition) is 5. The standard InChI is InChI=1S/C15H28N4O/c1-15(2,3)16-9-12-8-14(20-17-12)11-19-7-6-13(10-19)18(4)5/h8,13,16H,6-7,9-11H2,1-5H3. The largest absolute Gasteiger partial charge is 0.360 e. The first-order valence-corrected chi connectivity index (χ1v) is 7.42. The maximum atomic E-state index is 5.44.